The molecule has 0 radical (unpaired) electrons. The third-order valence-corrected chi connectivity index (χ3v) is 2.84. The number of nitrogens with zero attached hydrogens (tertiary/aromatic N) is 4. The number of nitrogen functional groups attached to an aromatic ring is 1. The highest BCUT2D eigenvalue weighted by Gasteiger charge is 2.21. The molecule has 1 aromatic rings. The lowest BCUT2D eigenvalue weighted by molar-refractivity contribution is 0.477. The molecule has 0 bridgehead atoms. The van der Waals surface area contributed by atoms with Gasteiger partial charge in [-0.1, -0.05) is 0 Å². The summed E-state index contributed by atoms with van der Waals surface area (Å²) in [6.07, 6.45) is 3.57. The number of aromatic nitrogens is 3. The Balaban J connectivity index is 2.27. The summed E-state index contributed by atoms with van der Waals surface area (Å²) in [7, 11) is 0. The Hall–Kier alpha value is -1.10. The maximum absolute atomic E-state index is 5.75. The smallest absolute Gasteiger partial charge is 0.231 e. The minimum atomic E-state index is 0.162. The molecule has 1 aromatic heterocycles. The van der Waals surface area contributed by atoms with E-state index >= 15 is 0 Å². The van der Waals surface area contributed by atoms with Crippen LogP contribution in [0.2, 0.25) is 5.28 Å². The first-order chi connectivity index (χ1) is 7.16. The van der Waals surface area contributed by atoms with Crippen LogP contribution in [0.25, 0.3) is 0 Å². The van der Waals surface area contributed by atoms with Gasteiger partial charge in [0.05, 0.1) is 0 Å². The summed E-state index contributed by atoms with van der Waals surface area (Å²) in [5, 5.41) is 0.162. The number of halogens is 1. The molecule has 82 valence electrons. The van der Waals surface area contributed by atoms with Crippen molar-refractivity contribution in [2.75, 3.05) is 17.2 Å². The van der Waals surface area contributed by atoms with E-state index in [1.807, 2.05) is 0 Å². The van der Waals surface area contributed by atoms with E-state index in [0.717, 1.165) is 19.4 Å². The molecule has 2 N–H and O–H groups in total. The summed E-state index contributed by atoms with van der Waals surface area (Å²) in [5.41, 5.74) is 5.54. The lowest BCUT2D eigenvalue weighted by Crippen LogP contribution is -2.38. The van der Waals surface area contributed by atoms with Crippen molar-refractivity contribution in [1.29, 1.82) is 0 Å². The second kappa shape index (κ2) is 4.18. The second-order valence-corrected chi connectivity index (χ2v) is 4.14. The average molecular weight is 228 g/mol. The van der Waals surface area contributed by atoms with Crippen LogP contribution in [0.1, 0.15) is 26.2 Å². The zero-order valence-electron chi connectivity index (χ0n) is 8.65. The molecule has 1 atom stereocenters. The molecule has 0 aliphatic carbocycles. The normalized spacial score (nSPS) is 21.7. The summed E-state index contributed by atoms with van der Waals surface area (Å²) in [4.78, 5) is 14.1. The molecule has 2 rings (SSSR count). The third-order valence-electron chi connectivity index (χ3n) is 2.67. The van der Waals surface area contributed by atoms with E-state index in [2.05, 4.69) is 26.8 Å². The fourth-order valence-corrected chi connectivity index (χ4v) is 2.04. The van der Waals surface area contributed by atoms with Crippen LogP contribution in [0.5, 0.6) is 0 Å². The Bertz CT molecular complexity index is 336. The summed E-state index contributed by atoms with van der Waals surface area (Å²) in [6.45, 7) is 3.12. The summed E-state index contributed by atoms with van der Waals surface area (Å²) in [5.74, 6) is 0.780. The van der Waals surface area contributed by atoms with E-state index in [4.69, 9.17) is 17.3 Å². The van der Waals surface area contributed by atoms with Crippen LogP contribution in [-0.2, 0) is 0 Å². The number of piperidine rings is 1. The van der Waals surface area contributed by atoms with E-state index in [-0.39, 0.29) is 11.2 Å². The van der Waals surface area contributed by atoms with Gasteiger partial charge in [-0.25, -0.2) is 0 Å². The van der Waals surface area contributed by atoms with Crippen LogP contribution >= 0.6 is 11.6 Å². The molecular weight excluding hydrogens is 214 g/mol. The average Bonchev–Trinajstić information content (AvgIpc) is 2.16. The van der Waals surface area contributed by atoms with E-state index in [1.54, 1.807) is 0 Å². The molecule has 1 fully saturated rings. The predicted octanol–water partition coefficient (Wildman–Crippen LogP) is 1.49. The standard InChI is InChI=1S/C9H14ClN5/c1-6-4-2-3-5-15(6)9-13-7(10)12-8(11)14-9/h6H,2-5H2,1H3,(H2,11,12,13,14). The van der Waals surface area contributed by atoms with Gasteiger partial charge in [-0.15, -0.1) is 0 Å². The third kappa shape index (κ3) is 2.28. The van der Waals surface area contributed by atoms with Gasteiger partial charge >= 0.3 is 0 Å². The van der Waals surface area contributed by atoms with Gasteiger partial charge in [0.1, 0.15) is 0 Å². The number of hydrogen-bond acceptors (Lipinski definition) is 5. The van der Waals surface area contributed by atoms with Crippen LogP contribution in [0, 0.1) is 0 Å². The fourth-order valence-electron chi connectivity index (χ4n) is 1.88. The first kappa shape index (κ1) is 10.4. The molecule has 5 nitrogen and oxygen atoms in total. The number of rotatable bonds is 1. The van der Waals surface area contributed by atoms with Crippen LogP contribution < -0.4 is 10.6 Å². The van der Waals surface area contributed by atoms with Gasteiger partial charge in [0, 0.05) is 12.6 Å². The Kier molecular flexibility index (Phi) is 2.90. The highest BCUT2D eigenvalue weighted by atomic mass is 35.5. The van der Waals surface area contributed by atoms with Crippen LogP contribution in [-0.4, -0.2) is 27.5 Å². The highest BCUT2D eigenvalue weighted by Crippen LogP contribution is 2.22. The van der Waals surface area contributed by atoms with Gasteiger partial charge in [0.15, 0.2) is 0 Å². The van der Waals surface area contributed by atoms with E-state index in [1.165, 1.54) is 6.42 Å². The molecule has 1 saturated heterocycles. The van der Waals surface area contributed by atoms with Crippen LogP contribution in [0.4, 0.5) is 11.9 Å². The number of nitrogens with two attached hydrogens (primary N) is 1. The van der Waals surface area contributed by atoms with Gasteiger partial charge in [0.25, 0.3) is 0 Å². The van der Waals surface area contributed by atoms with E-state index in [9.17, 15) is 0 Å². The van der Waals surface area contributed by atoms with Gasteiger partial charge in [-0.3, -0.25) is 0 Å². The Morgan fingerprint density at radius 2 is 2.13 bits per heavy atom. The summed E-state index contributed by atoms with van der Waals surface area (Å²) < 4.78 is 0. The Morgan fingerprint density at radius 3 is 2.80 bits per heavy atom. The molecule has 1 aliphatic rings. The zero-order chi connectivity index (χ0) is 10.8. The van der Waals surface area contributed by atoms with Crippen molar-refractivity contribution in [3.8, 4) is 0 Å². The molecule has 2 heterocycles. The van der Waals surface area contributed by atoms with Crippen molar-refractivity contribution in [2.45, 2.75) is 32.2 Å². The maximum Gasteiger partial charge on any atom is 0.231 e. The fraction of sp³-hybridized carbons (Fsp3) is 0.667. The van der Waals surface area contributed by atoms with Gasteiger partial charge in [-0.2, -0.15) is 15.0 Å². The first-order valence-corrected chi connectivity index (χ1v) is 5.48. The van der Waals surface area contributed by atoms with Crippen molar-refractivity contribution >= 4 is 23.5 Å². The van der Waals surface area contributed by atoms with Gasteiger partial charge in [-0.05, 0) is 37.8 Å². The van der Waals surface area contributed by atoms with Crippen molar-refractivity contribution in [3.05, 3.63) is 5.28 Å². The second-order valence-electron chi connectivity index (χ2n) is 3.80. The maximum atomic E-state index is 5.75. The molecule has 0 saturated carbocycles. The lowest BCUT2D eigenvalue weighted by Gasteiger charge is -2.33. The Labute approximate surface area is 93.7 Å². The minimum Gasteiger partial charge on any atom is -0.368 e. The summed E-state index contributed by atoms with van der Waals surface area (Å²) in [6, 6.07) is 0.441. The minimum absolute atomic E-state index is 0.162. The molecule has 0 aromatic carbocycles. The zero-order valence-corrected chi connectivity index (χ0v) is 9.41. The molecule has 0 amide bonds. The van der Waals surface area contributed by atoms with Gasteiger partial charge < -0.3 is 10.6 Å². The predicted molar refractivity (Wildman–Crippen MR) is 59.9 cm³/mol. The highest BCUT2D eigenvalue weighted by molar-refractivity contribution is 6.28. The molecule has 0 spiro atoms. The molecule has 15 heavy (non-hydrogen) atoms. The monoisotopic (exact) mass is 227 g/mol. The molecule has 1 aliphatic heterocycles. The molecular formula is C9H14ClN5. The van der Waals surface area contributed by atoms with Gasteiger partial charge in [0.2, 0.25) is 17.2 Å². The van der Waals surface area contributed by atoms with Crippen molar-refractivity contribution in [1.82, 2.24) is 15.0 Å². The topological polar surface area (TPSA) is 67.9 Å². The SMILES string of the molecule is CC1CCCCN1c1nc(N)nc(Cl)n1. The Morgan fingerprint density at radius 1 is 1.33 bits per heavy atom. The van der Waals surface area contributed by atoms with Crippen molar-refractivity contribution < 1.29 is 0 Å². The molecule has 6 heteroatoms. The summed E-state index contributed by atoms with van der Waals surface area (Å²) >= 11 is 5.75. The largest absolute Gasteiger partial charge is 0.368 e. The first-order valence-electron chi connectivity index (χ1n) is 5.10. The van der Waals surface area contributed by atoms with E-state index in [0.29, 0.717) is 12.0 Å². The lowest BCUT2D eigenvalue weighted by atomic mass is 10.0. The number of anilines is 2. The molecule has 1 unspecified atom stereocenters. The van der Waals surface area contributed by atoms with Crippen molar-refractivity contribution in [3.63, 3.8) is 0 Å². The van der Waals surface area contributed by atoms with Crippen LogP contribution in [0.15, 0.2) is 0 Å². The number of hydrogen-bond donors (Lipinski definition) is 1. The van der Waals surface area contributed by atoms with Crippen LogP contribution in [0.3, 0.4) is 0 Å². The van der Waals surface area contributed by atoms with E-state index < -0.39 is 0 Å². The quantitative estimate of drug-likeness (QED) is 0.787. The van der Waals surface area contributed by atoms with Crippen molar-refractivity contribution in [2.24, 2.45) is 0 Å².